The third kappa shape index (κ3) is 3.59. The van der Waals surface area contributed by atoms with E-state index < -0.39 is 0 Å². The molecule has 1 aliphatic rings. The molecule has 122 valence electrons. The molecule has 0 radical (unpaired) electrons. The van der Waals surface area contributed by atoms with Crippen molar-refractivity contribution in [1.29, 1.82) is 0 Å². The number of hydrogen-bond donors (Lipinski definition) is 0. The van der Waals surface area contributed by atoms with Crippen molar-refractivity contribution in [2.45, 2.75) is 12.8 Å². The number of aromatic nitrogens is 3. The fourth-order valence-electron chi connectivity index (χ4n) is 3.10. The quantitative estimate of drug-likeness (QED) is 0.839. The van der Waals surface area contributed by atoms with Crippen LogP contribution in [0.3, 0.4) is 0 Å². The SMILES string of the molecule is COCC(=O)N1CC[C@@H](Cc2cccc(-c3ccnn3C)n2)C1. The number of methoxy groups -OCH3 is 1. The highest BCUT2D eigenvalue weighted by molar-refractivity contribution is 5.77. The summed E-state index contributed by atoms with van der Waals surface area (Å²) in [5, 5.41) is 4.19. The summed E-state index contributed by atoms with van der Waals surface area (Å²) >= 11 is 0. The van der Waals surface area contributed by atoms with Crippen LogP contribution in [0.25, 0.3) is 11.4 Å². The number of carbonyl (C=O) groups excluding carboxylic acids is 1. The van der Waals surface area contributed by atoms with Gasteiger partial charge in [0.25, 0.3) is 0 Å². The van der Waals surface area contributed by atoms with Crippen LogP contribution in [0.2, 0.25) is 0 Å². The van der Waals surface area contributed by atoms with E-state index in [9.17, 15) is 4.79 Å². The van der Waals surface area contributed by atoms with Crippen LogP contribution in [0, 0.1) is 5.92 Å². The molecule has 1 aliphatic heterocycles. The summed E-state index contributed by atoms with van der Waals surface area (Å²) in [5.74, 6) is 0.539. The summed E-state index contributed by atoms with van der Waals surface area (Å²) in [6, 6.07) is 8.06. The number of hydrogen-bond acceptors (Lipinski definition) is 4. The van der Waals surface area contributed by atoms with Crippen molar-refractivity contribution in [3.05, 3.63) is 36.2 Å². The van der Waals surface area contributed by atoms with E-state index in [2.05, 4.69) is 11.2 Å². The summed E-state index contributed by atoms with van der Waals surface area (Å²) < 4.78 is 6.75. The lowest BCUT2D eigenvalue weighted by Crippen LogP contribution is -2.31. The topological polar surface area (TPSA) is 60.2 Å². The van der Waals surface area contributed by atoms with Crippen LogP contribution in [0.5, 0.6) is 0 Å². The van der Waals surface area contributed by atoms with E-state index in [-0.39, 0.29) is 12.5 Å². The smallest absolute Gasteiger partial charge is 0.248 e. The highest BCUT2D eigenvalue weighted by Crippen LogP contribution is 2.22. The van der Waals surface area contributed by atoms with Gasteiger partial charge in [0.2, 0.25) is 5.91 Å². The molecule has 0 saturated carbocycles. The first-order valence-corrected chi connectivity index (χ1v) is 7.88. The van der Waals surface area contributed by atoms with Gasteiger partial charge in [-0.25, -0.2) is 0 Å². The summed E-state index contributed by atoms with van der Waals surface area (Å²) in [4.78, 5) is 18.5. The number of aryl methyl sites for hydroxylation is 1. The second-order valence-electron chi connectivity index (χ2n) is 5.99. The average Bonchev–Trinajstić information content (AvgIpc) is 3.17. The Morgan fingerprint density at radius 2 is 2.26 bits per heavy atom. The first-order valence-electron chi connectivity index (χ1n) is 7.88. The minimum Gasteiger partial charge on any atom is -0.375 e. The monoisotopic (exact) mass is 314 g/mol. The second kappa shape index (κ2) is 6.91. The largest absolute Gasteiger partial charge is 0.375 e. The Morgan fingerprint density at radius 1 is 1.39 bits per heavy atom. The van der Waals surface area contributed by atoms with Crippen molar-refractivity contribution in [3.8, 4) is 11.4 Å². The third-order valence-electron chi connectivity index (χ3n) is 4.29. The van der Waals surface area contributed by atoms with Gasteiger partial charge in [-0.05, 0) is 37.0 Å². The van der Waals surface area contributed by atoms with Gasteiger partial charge in [0.15, 0.2) is 0 Å². The van der Waals surface area contributed by atoms with Crippen LogP contribution in [-0.4, -0.2) is 52.4 Å². The molecule has 0 N–H and O–H groups in total. The maximum atomic E-state index is 11.9. The lowest BCUT2D eigenvalue weighted by Gasteiger charge is -2.16. The number of carbonyl (C=O) groups is 1. The fourth-order valence-corrected chi connectivity index (χ4v) is 3.10. The summed E-state index contributed by atoms with van der Waals surface area (Å²) in [6.45, 7) is 1.77. The molecular weight excluding hydrogens is 292 g/mol. The maximum absolute atomic E-state index is 11.9. The van der Waals surface area contributed by atoms with Gasteiger partial charge in [-0.2, -0.15) is 5.10 Å². The molecular formula is C17H22N4O2. The van der Waals surface area contributed by atoms with Crippen LogP contribution in [0.15, 0.2) is 30.5 Å². The Morgan fingerprint density at radius 3 is 3.00 bits per heavy atom. The van der Waals surface area contributed by atoms with Crippen LogP contribution in [-0.2, 0) is 23.0 Å². The lowest BCUT2D eigenvalue weighted by atomic mass is 10.0. The van der Waals surface area contributed by atoms with Crippen molar-refractivity contribution in [1.82, 2.24) is 19.7 Å². The Balaban J connectivity index is 1.65. The number of ether oxygens (including phenoxy) is 1. The maximum Gasteiger partial charge on any atom is 0.248 e. The molecule has 1 atom stereocenters. The molecule has 1 amide bonds. The van der Waals surface area contributed by atoms with Crippen molar-refractivity contribution in [3.63, 3.8) is 0 Å². The molecule has 23 heavy (non-hydrogen) atoms. The van der Waals surface area contributed by atoms with Gasteiger partial charge in [-0.3, -0.25) is 14.5 Å². The molecule has 3 rings (SSSR count). The summed E-state index contributed by atoms with van der Waals surface area (Å²) in [7, 11) is 3.47. The van der Waals surface area contributed by atoms with E-state index in [4.69, 9.17) is 9.72 Å². The molecule has 0 aromatic carbocycles. The van der Waals surface area contributed by atoms with Crippen LogP contribution < -0.4 is 0 Å². The van der Waals surface area contributed by atoms with Gasteiger partial charge in [-0.15, -0.1) is 0 Å². The number of nitrogens with zero attached hydrogens (tertiary/aromatic N) is 4. The van der Waals surface area contributed by atoms with Gasteiger partial charge < -0.3 is 9.64 Å². The van der Waals surface area contributed by atoms with Gasteiger partial charge in [-0.1, -0.05) is 6.07 Å². The normalized spacial score (nSPS) is 17.7. The number of amides is 1. The van der Waals surface area contributed by atoms with Gasteiger partial charge in [0.05, 0.1) is 11.4 Å². The molecule has 0 unspecified atom stereocenters. The van der Waals surface area contributed by atoms with Gasteiger partial charge in [0.1, 0.15) is 6.61 Å². The zero-order valence-electron chi connectivity index (χ0n) is 13.6. The molecule has 6 heteroatoms. The standard InChI is InChI=1S/C17H22N4O2/c1-20-16(6-8-18-20)15-5-3-4-14(19-15)10-13-7-9-21(11-13)17(22)12-23-2/h3-6,8,13H,7,9-12H2,1-2H3/t13-/m0/s1. The van der Waals surface area contributed by atoms with Crippen molar-refractivity contribution < 1.29 is 9.53 Å². The Labute approximate surface area is 136 Å². The summed E-state index contributed by atoms with van der Waals surface area (Å²) in [5.41, 5.74) is 3.01. The minimum atomic E-state index is 0.0756. The molecule has 2 aromatic rings. The van der Waals surface area contributed by atoms with E-state index in [1.807, 2.05) is 34.8 Å². The molecule has 2 aromatic heterocycles. The predicted octanol–water partition coefficient (Wildman–Crippen LogP) is 1.52. The van der Waals surface area contributed by atoms with Gasteiger partial charge in [0, 0.05) is 39.1 Å². The predicted molar refractivity (Wildman–Crippen MR) is 86.7 cm³/mol. The van der Waals surface area contributed by atoms with E-state index in [1.54, 1.807) is 13.3 Å². The van der Waals surface area contributed by atoms with Crippen LogP contribution in [0.4, 0.5) is 0 Å². The molecule has 0 spiro atoms. The van der Waals surface area contributed by atoms with E-state index in [1.165, 1.54) is 0 Å². The van der Waals surface area contributed by atoms with Gasteiger partial charge >= 0.3 is 0 Å². The Bertz CT molecular complexity index is 683. The third-order valence-corrected chi connectivity index (χ3v) is 4.29. The van der Waals surface area contributed by atoms with Crippen molar-refractivity contribution in [2.24, 2.45) is 13.0 Å². The highest BCUT2D eigenvalue weighted by Gasteiger charge is 2.26. The molecule has 0 aliphatic carbocycles. The first-order chi connectivity index (χ1) is 11.2. The fraction of sp³-hybridized carbons (Fsp3) is 0.471. The molecule has 1 fully saturated rings. The Kier molecular flexibility index (Phi) is 4.71. The zero-order chi connectivity index (χ0) is 16.2. The number of pyridine rings is 1. The number of likely N-dealkylation sites (tertiary alicyclic amines) is 1. The lowest BCUT2D eigenvalue weighted by molar-refractivity contribution is -0.134. The van der Waals surface area contributed by atoms with E-state index >= 15 is 0 Å². The van der Waals surface area contributed by atoms with Crippen molar-refractivity contribution >= 4 is 5.91 Å². The van der Waals surface area contributed by atoms with E-state index in [0.717, 1.165) is 43.0 Å². The molecule has 0 bridgehead atoms. The van der Waals surface area contributed by atoms with Crippen LogP contribution in [0.1, 0.15) is 12.1 Å². The second-order valence-corrected chi connectivity index (χ2v) is 5.99. The highest BCUT2D eigenvalue weighted by atomic mass is 16.5. The van der Waals surface area contributed by atoms with E-state index in [0.29, 0.717) is 5.92 Å². The molecule has 3 heterocycles. The average molecular weight is 314 g/mol. The first kappa shape index (κ1) is 15.7. The number of rotatable bonds is 5. The molecule has 1 saturated heterocycles. The Hall–Kier alpha value is -2.21. The molecule has 6 nitrogen and oxygen atoms in total. The minimum absolute atomic E-state index is 0.0756. The summed E-state index contributed by atoms with van der Waals surface area (Å²) in [6.07, 6.45) is 3.69. The van der Waals surface area contributed by atoms with Crippen molar-refractivity contribution in [2.75, 3.05) is 26.8 Å². The zero-order valence-corrected chi connectivity index (χ0v) is 13.6. The van der Waals surface area contributed by atoms with Crippen LogP contribution >= 0.6 is 0 Å².